The van der Waals surface area contributed by atoms with Crippen LogP contribution < -0.4 is 15.0 Å². The fraction of sp³-hybridized carbons (Fsp3) is 0.500. The van der Waals surface area contributed by atoms with Crippen molar-refractivity contribution < 1.29 is 23.9 Å². The van der Waals surface area contributed by atoms with Crippen molar-refractivity contribution in [3.05, 3.63) is 24.3 Å². The zero-order valence-corrected chi connectivity index (χ0v) is 16.3. The highest BCUT2D eigenvalue weighted by Crippen LogP contribution is 2.29. The van der Waals surface area contributed by atoms with Gasteiger partial charge < -0.3 is 19.9 Å². The monoisotopic (exact) mass is 400 g/mol. The number of carbonyl (C=O) groups excluding carboxylic acids is 4. The third kappa shape index (κ3) is 3.64. The van der Waals surface area contributed by atoms with Crippen molar-refractivity contribution in [2.75, 3.05) is 38.2 Å². The van der Waals surface area contributed by atoms with Crippen molar-refractivity contribution in [1.82, 2.24) is 15.1 Å². The zero-order chi connectivity index (χ0) is 20.5. The maximum absolute atomic E-state index is 12.9. The topological polar surface area (TPSA) is 99.3 Å². The summed E-state index contributed by atoms with van der Waals surface area (Å²) in [4.78, 5) is 53.8. The first-order chi connectivity index (χ1) is 14.0. The molecule has 1 atom stereocenters. The molecule has 0 aromatic heterocycles. The molecule has 1 aromatic rings. The maximum Gasteiger partial charge on any atom is 0.324 e. The second kappa shape index (κ2) is 7.73. The lowest BCUT2D eigenvalue weighted by Gasteiger charge is -2.36. The van der Waals surface area contributed by atoms with Crippen molar-refractivity contribution in [2.24, 2.45) is 5.92 Å². The highest BCUT2D eigenvalue weighted by Gasteiger charge is 2.40. The van der Waals surface area contributed by atoms with Gasteiger partial charge in [0.1, 0.15) is 5.75 Å². The largest absolute Gasteiger partial charge is 0.497 e. The van der Waals surface area contributed by atoms with Gasteiger partial charge >= 0.3 is 6.03 Å². The molecule has 29 heavy (non-hydrogen) atoms. The van der Waals surface area contributed by atoms with Crippen LogP contribution in [0.15, 0.2) is 24.3 Å². The molecule has 9 heteroatoms. The average Bonchev–Trinajstić information content (AvgIpc) is 3.29. The van der Waals surface area contributed by atoms with Crippen molar-refractivity contribution in [1.29, 1.82) is 0 Å². The van der Waals surface area contributed by atoms with Crippen LogP contribution in [0.4, 0.5) is 10.5 Å². The van der Waals surface area contributed by atoms with Gasteiger partial charge in [-0.05, 0) is 37.1 Å². The van der Waals surface area contributed by atoms with Gasteiger partial charge in [-0.15, -0.1) is 0 Å². The Hall–Kier alpha value is -3.10. The molecule has 0 saturated carbocycles. The molecule has 4 rings (SSSR count). The minimum atomic E-state index is -0.377. The van der Waals surface area contributed by atoms with Gasteiger partial charge in [-0.25, -0.2) is 4.79 Å². The van der Waals surface area contributed by atoms with Crippen LogP contribution in [0.2, 0.25) is 0 Å². The second-order valence-electron chi connectivity index (χ2n) is 7.58. The highest BCUT2D eigenvalue weighted by molar-refractivity contribution is 6.02. The van der Waals surface area contributed by atoms with Gasteiger partial charge in [-0.3, -0.25) is 19.3 Å². The van der Waals surface area contributed by atoms with E-state index in [2.05, 4.69) is 5.32 Å². The number of nitrogens with one attached hydrogen (secondary N) is 1. The van der Waals surface area contributed by atoms with Crippen LogP contribution in [0.25, 0.3) is 0 Å². The van der Waals surface area contributed by atoms with Gasteiger partial charge in [0, 0.05) is 37.8 Å². The van der Waals surface area contributed by atoms with Crippen LogP contribution in [0, 0.1) is 5.92 Å². The summed E-state index contributed by atoms with van der Waals surface area (Å²) in [5.41, 5.74) is 0.753. The minimum Gasteiger partial charge on any atom is -0.497 e. The Bertz CT molecular complexity index is 816. The molecule has 154 valence electrons. The highest BCUT2D eigenvalue weighted by atomic mass is 16.5. The van der Waals surface area contributed by atoms with E-state index in [-0.39, 0.29) is 48.7 Å². The summed E-state index contributed by atoms with van der Waals surface area (Å²) >= 11 is 0. The normalized spacial score (nSPS) is 23.0. The molecule has 0 aliphatic carbocycles. The molecule has 3 heterocycles. The number of hydrogen-bond acceptors (Lipinski definition) is 5. The van der Waals surface area contributed by atoms with Crippen molar-refractivity contribution in [2.45, 2.75) is 25.3 Å². The summed E-state index contributed by atoms with van der Waals surface area (Å²) < 4.78 is 5.14. The van der Waals surface area contributed by atoms with E-state index in [4.69, 9.17) is 4.74 Å². The SMILES string of the molecule is COc1ccc(N2CC(C(=O)N3CCC(N4C(=O)CNC4=O)CC3)CC2=O)cc1. The zero-order valence-electron chi connectivity index (χ0n) is 16.3. The van der Waals surface area contributed by atoms with Crippen LogP contribution in [0.3, 0.4) is 0 Å². The van der Waals surface area contributed by atoms with Gasteiger partial charge in [0.15, 0.2) is 0 Å². The summed E-state index contributed by atoms with van der Waals surface area (Å²) in [6.45, 7) is 1.36. The lowest BCUT2D eigenvalue weighted by Crippen LogP contribution is -2.50. The number of hydrogen-bond donors (Lipinski definition) is 1. The number of ether oxygens (including phenoxy) is 1. The molecule has 1 unspecified atom stereocenters. The van der Waals surface area contributed by atoms with E-state index in [1.807, 2.05) is 12.1 Å². The van der Waals surface area contributed by atoms with E-state index < -0.39 is 0 Å². The Labute approximate surface area is 168 Å². The summed E-state index contributed by atoms with van der Waals surface area (Å²) in [5, 5.41) is 2.53. The van der Waals surface area contributed by atoms with Crippen LogP contribution in [0.1, 0.15) is 19.3 Å². The van der Waals surface area contributed by atoms with Crippen LogP contribution in [-0.4, -0.2) is 72.9 Å². The molecule has 5 amide bonds. The third-order valence-electron chi connectivity index (χ3n) is 5.88. The molecule has 0 bridgehead atoms. The molecule has 9 nitrogen and oxygen atoms in total. The number of rotatable bonds is 4. The number of anilines is 1. The fourth-order valence-corrected chi connectivity index (χ4v) is 4.29. The maximum atomic E-state index is 12.9. The molecular weight excluding hydrogens is 376 g/mol. The Kier molecular flexibility index (Phi) is 5.12. The van der Waals surface area contributed by atoms with E-state index in [9.17, 15) is 19.2 Å². The summed E-state index contributed by atoms with van der Waals surface area (Å²) in [5.74, 6) is 0.0166. The lowest BCUT2D eigenvalue weighted by molar-refractivity contribution is -0.137. The van der Waals surface area contributed by atoms with E-state index in [0.717, 1.165) is 5.69 Å². The number of benzene rings is 1. The minimum absolute atomic E-state index is 0.0370. The first kappa shape index (κ1) is 19.2. The van der Waals surface area contributed by atoms with Crippen LogP contribution in [0.5, 0.6) is 5.75 Å². The molecule has 3 aliphatic rings. The van der Waals surface area contributed by atoms with Gasteiger partial charge in [-0.2, -0.15) is 0 Å². The number of amides is 5. The molecular formula is C20H24N4O5. The summed E-state index contributed by atoms with van der Waals surface area (Å²) in [7, 11) is 1.58. The van der Waals surface area contributed by atoms with Gasteiger partial charge in [0.25, 0.3) is 0 Å². The number of imide groups is 1. The number of nitrogens with zero attached hydrogens (tertiary/aromatic N) is 3. The summed E-state index contributed by atoms with van der Waals surface area (Å²) in [6, 6.07) is 6.68. The van der Waals surface area contributed by atoms with E-state index in [0.29, 0.717) is 38.2 Å². The Morgan fingerprint density at radius 3 is 2.34 bits per heavy atom. The second-order valence-corrected chi connectivity index (χ2v) is 7.58. The fourth-order valence-electron chi connectivity index (χ4n) is 4.29. The smallest absolute Gasteiger partial charge is 0.324 e. The predicted molar refractivity (Wildman–Crippen MR) is 103 cm³/mol. The molecule has 0 radical (unpaired) electrons. The predicted octanol–water partition coefficient (Wildman–Crippen LogP) is 0.591. The van der Waals surface area contributed by atoms with Crippen molar-refractivity contribution >= 4 is 29.4 Å². The van der Waals surface area contributed by atoms with Crippen LogP contribution in [-0.2, 0) is 14.4 Å². The third-order valence-corrected chi connectivity index (χ3v) is 5.88. The Balaban J connectivity index is 1.35. The molecule has 3 saturated heterocycles. The van der Waals surface area contributed by atoms with Gasteiger partial charge in [-0.1, -0.05) is 0 Å². The molecule has 0 spiro atoms. The number of carbonyl (C=O) groups is 4. The average molecular weight is 400 g/mol. The molecule has 3 aliphatic heterocycles. The number of piperidine rings is 1. The first-order valence-corrected chi connectivity index (χ1v) is 9.81. The van der Waals surface area contributed by atoms with Gasteiger partial charge in [0.05, 0.1) is 19.6 Å². The molecule has 1 aromatic carbocycles. The quantitative estimate of drug-likeness (QED) is 0.746. The Morgan fingerprint density at radius 2 is 1.76 bits per heavy atom. The van der Waals surface area contributed by atoms with E-state index in [1.54, 1.807) is 29.0 Å². The standard InChI is InChI=1S/C20H24N4O5/c1-29-16-4-2-14(3-5-16)23-12-13(10-17(23)25)19(27)22-8-6-15(7-9-22)24-18(26)11-21-20(24)28/h2-5,13,15H,6-12H2,1H3,(H,21,28). The van der Waals surface area contributed by atoms with Crippen molar-refractivity contribution in [3.8, 4) is 5.75 Å². The number of methoxy groups -OCH3 is 1. The van der Waals surface area contributed by atoms with Gasteiger partial charge in [0.2, 0.25) is 17.7 Å². The van der Waals surface area contributed by atoms with E-state index in [1.165, 1.54) is 4.90 Å². The first-order valence-electron chi connectivity index (χ1n) is 9.81. The van der Waals surface area contributed by atoms with E-state index >= 15 is 0 Å². The molecule has 3 fully saturated rings. The molecule has 1 N–H and O–H groups in total. The lowest BCUT2D eigenvalue weighted by atomic mass is 10.0. The number of urea groups is 1. The van der Waals surface area contributed by atoms with Crippen molar-refractivity contribution in [3.63, 3.8) is 0 Å². The number of likely N-dealkylation sites (tertiary alicyclic amines) is 1. The van der Waals surface area contributed by atoms with Crippen LogP contribution >= 0.6 is 0 Å². The Morgan fingerprint density at radius 1 is 1.07 bits per heavy atom. The summed E-state index contributed by atoms with van der Waals surface area (Å²) in [6.07, 6.45) is 1.32.